The van der Waals surface area contributed by atoms with Crippen LogP contribution < -0.4 is 5.32 Å². The van der Waals surface area contributed by atoms with E-state index in [1.54, 1.807) is 6.07 Å². The summed E-state index contributed by atoms with van der Waals surface area (Å²) in [5.41, 5.74) is 1.58. The van der Waals surface area contributed by atoms with Gasteiger partial charge in [-0.3, -0.25) is 0 Å². The first-order valence-electron chi connectivity index (χ1n) is 5.28. The van der Waals surface area contributed by atoms with Gasteiger partial charge in [-0.05, 0) is 23.8 Å². The Morgan fingerprint density at radius 1 is 1.35 bits per heavy atom. The van der Waals surface area contributed by atoms with Crippen molar-refractivity contribution < 1.29 is 19.4 Å². The lowest BCUT2D eigenvalue weighted by Gasteiger charge is -2.02. The highest BCUT2D eigenvalue weighted by atomic mass is 16.4. The lowest BCUT2D eigenvalue weighted by atomic mass is 10.1. The van der Waals surface area contributed by atoms with Gasteiger partial charge in [0, 0.05) is 18.5 Å². The fourth-order valence-corrected chi connectivity index (χ4v) is 1.62. The number of aliphatic hydroxyl groups excluding tert-OH is 1. The molecule has 0 saturated carbocycles. The van der Waals surface area contributed by atoms with Crippen molar-refractivity contribution in [3.8, 4) is 0 Å². The Labute approximate surface area is 97.7 Å². The lowest BCUT2D eigenvalue weighted by molar-refractivity contribution is 0.0665. The number of hydrogen-bond acceptors (Lipinski definition) is 4. The third-order valence-electron chi connectivity index (χ3n) is 2.41. The summed E-state index contributed by atoms with van der Waals surface area (Å²) >= 11 is 0. The van der Waals surface area contributed by atoms with E-state index in [4.69, 9.17) is 14.6 Å². The van der Waals surface area contributed by atoms with E-state index in [1.807, 2.05) is 12.1 Å². The van der Waals surface area contributed by atoms with Gasteiger partial charge in [0.15, 0.2) is 0 Å². The zero-order chi connectivity index (χ0) is 12.3. The Morgan fingerprint density at radius 2 is 2.18 bits per heavy atom. The minimum Gasteiger partial charge on any atom is -0.475 e. The van der Waals surface area contributed by atoms with E-state index < -0.39 is 5.97 Å². The summed E-state index contributed by atoms with van der Waals surface area (Å²) in [5.74, 6) is -1.12. The topological polar surface area (TPSA) is 82.7 Å². The highest BCUT2D eigenvalue weighted by Gasteiger charge is 2.10. The molecule has 90 valence electrons. The molecule has 0 aliphatic rings. The van der Waals surface area contributed by atoms with Gasteiger partial charge in [-0.1, -0.05) is 6.07 Å². The van der Waals surface area contributed by atoms with Crippen molar-refractivity contribution in [2.45, 2.75) is 6.54 Å². The van der Waals surface area contributed by atoms with Crippen molar-refractivity contribution in [3.05, 3.63) is 35.6 Å². The molecule has 5 heteroatoms. The van der Waals surface area contributed by atoms with E-state index in [2.05, 4.69) is 5.32 Å². The van der Waals surface area contributed by atoms with Crippen LogP contribution in [0, 0.1) is 0 Å². The van der Waals surface area contributed by atoms with Crippen molar-refractivity contribution in [1.29, 1.82) is 0 Å². The SMILES string of the molecule is O=C(O)c1cc2cc(CNCCO)ccc2o1. The molecule has 17 heavy (non-hydrogen) atoms. The van der Waals surface area contributed by atoms with Gasteiger partial charge in [-0.15, -0.1) is 0 Å². The molecule has 0 atom stereocenters. The molecular formula is C12H13NO4. The van der Waals surface area contributed by atoms with Gasteiger partial charge >= 0.3 is 5.97 Å². The third-order valence-corrected chi connectivity index (χ3v) is 2.41. The minimum absolute atomic E-state index is 0.0551. The lowest BCUT2D eigenvalue weighted by Crippen LogP contribution is -2.17. The number of nitrogens with one attached hydrogen (secondary N) is 1. The van der Waals surface area contributed by atoms with Crippen molar-refractivity contribution >= 4 is 16.9 Å². The number of carbonyl (C=O) groups is 1. The first-order valence-corrected chi connectivity index (χ1v) is 5.28. The molecule has 0 amide bonds. The van der Waals surface area contributed by atoms with E-state index in [1.165, 1.54) is 6.07 Å². The molecule has 0 radical (unpaired) electrons. The Kier molecular flexibility index (Phi) is 3.41. The Bertz CT molecular complexity index is 532. The molecule has 2 aromatic rings. The van der Waals surface area contributed by atoms with Gasteiger partial charge in [-0.25, -0.2) is 4.79 Å². The van der Waals surface area contributed by atoms with Gasteiger partial charge < -0.3 is 19.9 Å². The number of hydrogen-bond donors (Lipinski definition) is 3. The quantitative estimate of drug-likeness (QED) is 0.678. The summed E-state index contributed by atoms with van der Waals surface area (Å²) < 4.78 is 5.15. The predicted molar refractivity (Wildman–Crippen MR) is 62.0 cm³/mol. The molecule has 5 nitrogen and oxygen atoms in total. The molecule has 2 rings (SSSR count). The number of rotatable bonds is 5. The molecule has 0 saturated heterocycles. The van der Waals surface area contributed by atoms with Crippen molar-refractivity contribution in [2.75, 3.05) is 13.2 Å². The number of fused-ring (bicyclic) bond motifs is 1. The number of aromatic carboxylic acids is 1. The van der Waals surface area contributed by atoms with E-state index in [9.17, 15) is 4.79 Å². The van der Waals surface area contributed by atoms with Crippen LogP contribution in [-0.2, 0) is 6.54 Å². The van der Waals surface area contributed by atoms with Crippen LogP contribution in [0.3, 0.4) is 0 Å². The number of aliphatic hydroxyl groups is 1. The Hall–Kier alpha value is -1.85. The summed E-state index contributed by atoms with van der Waals surface area (Å²) in [6.45, 7) is 1.25. The fraction of sp³-hybridized carbons (Fsp3) is 0.250. The highest BCUT2D eigenvalue weighted by Crippen LogP contribution is 2.20. The smallest absolute Gasteiger partial charge is 0.371 e. The van der Waals surface area contributed by atoms with Gasteiger partial charge in [-0.2, -0.15) is 0 Å². The molecule has 3 N–H and O–H groups in total. The average molecular weight is 235 g/mol. The summed E-state index contributed by atoms with van der Waals surface area (Å²) in [5, 5.41) is 21.3. The zero-order valence-corrected chi connectivity index (χ0v) is 9.14. The second-order valence-electron chi connectivity index (χ2n) is 3.69. The summed E-state index contributed by atoms with van der Waals surface area (Å²) in [4.78, 5) is 10.7. The molecular weight excluding hydrogens is 222 g/mol. The molecule has 0 unspecified atom stereocenters. The van der Waals surface area contributed by atoms with Gasteiger partial charge in [0.25, 0.3) is 0 Å². The van der Waals surface area contributed by atoms with Crippen molar-refractivity contribution in [3.63, 3.8) is 0 Å². The second kappa shape index (κ2) is 4.99. The van der Waals surface area contributed by atoms with Crippen LogP contribution >= 0.6 is 0 Å². The van der Waals surface area contributed by atoms with E-state index in [0.29, 0.717) is 18.7 Å². The maximum atomic E-state index is 10.7. The fourth-order valence-electron chi connectivity index (χ4n) is 1.62. The monoisotopic (exact) mass is 235 g/mol. The zero-order valence-electron chi connectivity index (χ0n) is 9.14. The normalized spacial score (nSPS) is 10.9. The summed E-state index contributed by atoms with van der Waals surface area (Å²) in [6.07, 6.45) is 0. The number of furan rings is 1. The van der Waals surface area contributed by atoms with Crippen molar-refractivity contribution in [2.24, 2.45) is 0 Å². The van der Waals surface area contributed by atoms with E-state index >= 15 is 0 Å². The highest BCUT2D eigenvalue weighted by molar-refractivity contribution is 5.91. The molecule has 0 aliphatic heterocycles. The maximum absolute atomic E-state index is 10.7. The van der Waals surface area contributed by atoms with E-state index in [-0.39, 0.29) is 12.4 Å². The largest absolute Gasteiger partial charge is 0.475 e. The molecule has 0 aliphatic carbocycles. The van der Waals surface area contributed by atoms with Crippen LogP contribution in [0.4, 0.5) is 0 Å². The molecule has 0 fully saturated rings. The summed E-state index contributed by atoms with van der Waals surface area (Å²) in [6, 6.07) is 6.99. The van der Waals surface area contributed by atoms with Crippen molar-refractivity contribution in [1.82, 2.24) is 5.32 Å². The molecule has 0 bridgehead atoms. The second-order valence-corrected chi connectivity index (χ2v) is 3.69. The first kappa shape index (κ1) is 11.6. The van der Waals surface area contributed by atoms with Crippen LogP contribution in [0.1, 0.15) is 16.1 Å². The van der Waals surface area contributed by atoms with Crippen LogP contribution in [0.15, 0.2) is 28.7 Å². The standard InChI is InChI=1S/C12H13NO4/c14-4-3-13-7-8-1-2-10-9(5-8)6-11(17-10)12(15)16/h1-2,5-6,13-14H,3-4,7H2,(H,15,16). The Morgan fingerprint density at radius 3 is 2.88 bits per heavy atom. The molecule has 1 aromatic heterocycles. The van der Waals surface area contributed by atoms with Gasteiger partial charge in [0.1, 0.15) is 5.58 Å². The predicted octanol–water partition coefficient (Wildman–Crippen LogP) is 1.21. The van der Waals surface area contributed by atoms with Crippen LogP contribution in [-0.4, -0.2) is 29.3 Å². The molecule has 1 aromatic carbocycles. The van der Waals surface area contributed by atoms with Crippen LogP contribution in [0.5, 0.6) is 0 Å². The number of carboxylic acid groups (broad SMARTS) is 1. The Balaban J connectivity index is 2.21. The van der Waals surface area contributed by atoms with Crippen LogP contribution in [0.25, 0.3) is 11.0 Å². The molecule has 0 spiro atoms. The molecule has 1 heterocycles. The van der Waals surface area contributed by atoms with Gasteiger partial charge in [0.05, 0.1) is 6.61 Å². The third kappa shape index (κ3) is 2.64. The minimum atomic E-state index is -1.07. The average Bonchev–Trinajstić information content (AvgIpc) is 2.72. The maximum Gasteiger partial charge on any atom is 0.371 e. The number of carboxylic acids is 1. The first-order chi connectivity index (χ1) is 8.20. The number of benzene rings is 1. The summed E-state index contributed by atoms with van der Waals surface area (Å²) in [7, 11) is 0. The van der Waals surface area contributed by atoms with Gasteiger partial charge in [0.2, 0.25) is 5.76 Å². The van der Waals surface area contributed by atoms with E-state index in [0.717, 1.165) is 10.9 Å². The van der Waals surface area contributed by atoms with Crippen LogP contribution in [0.2, 0.25) is 0 Å².